The van der Waals surface area contributed by atoms with Crippen molar-refractivity contribution in [1.82, 2.24) is 14.7 Å². The SMILES string of the molecule is Cc1nsc(N2CCC(CNC(C)(C)C)CC2)n1. The van der Waals surface area contributed by atoms with Gasteiger partial charge in [0.1, 0.15) is 5.82 Å². The molecule has 1 aliphatic heterocycles. The second kappa shape index (κ2) is 5.53. The van der Waals surface area contributed by atoms with Crippen LogP contribution in [0.2, 0.25) is 0 Å². The number of rotatable bonds is 3. The van der Waals surface area contributed by atoms with Crippen LogP contribution < -0.4 is 10.2 Å². The molecule has 1 saturated heterocycles. The summed E-state index contributed by atoms with van der Waals surface area (Å²) in [6.07, 6.45) is 2.50. The van der Waals surface area contributed by atoms with Crippen molar-refractivity contribution in [2.45, 2.75) is 46.1 Å². The Labute approximate surface area is 114 Å². The maximum absolute atomic E-state index is 4.46. The van der Waals surface area contributed by atoms with Crippen LogP contribution in [0.25, 0.3) is 0 Å². The topological polar surface area (TPSA) is 41.1 Å². The van der Waals surface area contributed by atoms with Crippen molar-refractivity contribution in [2.75, 3.05) is 24.5 Å². The molecule has 102 valence electrons. The lowest BCUT2D eigenvalue weighted by atomic mass is 9.96. The molecule has 4 nitrogen and oxygen atoms in total. The number of nitrogens with zero attached hydrogens (tertiary/aromatic N) is 3. The third-order valence-electron chi connectivity index (χ3n) is 3.32. The number of piperidine rings is 1. The average Bonchev–Trinajstić information content (AvgIpc) is 2.73. The van der Waals surface area contributed by atoms with Gasteiger partial charge in [0.05, 0.1) is 0 Å². The van der Waals surface area contributed by atoms with Crippen molar-refractivity contribution >= 4 is 16.7 Å². The van der Waals surface area contributed by atoms with Gasteiger partial charge in [-0.2, -0.15) is 4.37 Å². The number of nitrogens with one attached hydrogen (secondary N) is 1. The Balaban J connectivity index is 1.78. The quantitative estimate of drug-likeness (QED) is 0.914. The predicted molar refractivity (Wildman–Crippen MR) is 77.3 cm³/mol. The van der Waals surface area contributed by atoms with Gasteiger partial charge in [0.2, 0.25) is 5.13 Å². The second-order valence-corrected chi connectivity index (χ2v) is 6.92. The van der Waals surface area contributed by atoms with Crippen LogP contribution in [0, 0.1) is 12.8 Å². The van der Waals surface area contributed by atoms with E-state index in [9.17, 15) is 0 Å². The van der Waals surface area contributed by atoms with Crippen LogP contribution in [0.5, 0.6) is 0 Å². The van der Waals surface area contributed by atoms with E-state index in [1.807, 2.05) is 6.92 Å². The molecule has 0 saturated carbocycles. The van der Waals surface area contributed by atoms with E-state index in [1.165, 1.54) is 24.4 Å². The average molecular weight is 268 g/mol. The molecule has 1 aromatic heterocycles. The van der Waals surface area contributed by atoms with E-state index in [4.69, 9.17) is 0 Å². The van der Waals surface area contributed by atoms with E-state index in [2.05, 4.69) is 40.3 Å². The molecule has 0 spiro atoms. The molecule has 0 aliphatic carbocycles. The van der Waals surface area contributed by atoms with Crippen LogP contribution in [0.1, 0.15) is 39.4 Å². The molecule has 1 aliphatic rings. The van der Waals surface area contributed by atoms with E-state index in [0.717, 1.165) is 36.5 Å². The third kappa shape index (κ3) is 3.92. The van der Waals surface area contributed by atoms with Crippen molar-refractivity contribution in [2.24, 2.45) is 5.92 Å². The van der Waals surface area contributed by atoms with Gasteiger partial charge in [-0.25, -0.2) is 4.98 Å². The van der Waals surface area contributed by atoms with Crippen LogP contribution in [-0.4, -0.2) is 34.5 Å². The Morgan fingerprint density at radius 3 is 2.50 bits per heavy atom. The molecule has 2 heterocycles. The van der Waals surface area contributed by atoms with Crippen molar-refractivity contribution < 1.29 is 0 Å². The van der Waals surface area contributed by atoms with E-state index < -0.39 is 0 Å². The highest BCUT2D eigenvalue weighted by atomic mass is 32.1. The number of hydrogen-bond donors (Lipinski definition) is 1. The molecule has 0 radical (unpaired) electrons. The fraction of sp³-hybridized carbons (Fsp3) is 0.846. The number of hydrogen-bond acceptors (Lipinski definition) is 5. The summed E-state index contributed by atoms with van der Waals surface area (Å²) in [7, 11) is 0. The van der Waals surface area contributed by atoms with Crippen molar-refractivity contribution in [1.29, 1.82) is 0 Å². The molecule has 0 bridgehead atoms. The molecule has 0 unspecified atom stereocenters. The molecule has 1 fully saturated rings. The highest BCUT2D eigenvalue weighted by Gasteiger charge is 2.22. The molecule has 18 heavy (non-hydrogen) atoms. The number of aromatic nitrogens is 2. The van der Waals surface area contributed by atoms with Gasteiger partial charge < -0.3 is 10.2 Å². The summed E-state index contributed by atoms with van der Waals surface area (Å²) in [6.45, 7) is 12.0. The third-order valence-corrected chi connectivity index (χ3v) is 4.19. The molecule has 1 aromatic rings. The Morgan fingerprint density at radius 2 is 2.00 bits per heavy atom. The monoisotopic (exact) mass is 268 g/mol. The van der Waals surface area contributed by atoms with Crippen LogP contribution in [0.3, 0.4) is 0 Å². The van der Waals surface area contributed by atoms with Crippen molar-refractivity contribution in [3.63, 3.8) is 0 Å². The van der Waals surface area contributed by atoms with Gasteiger partial charge in [-0.15, -0.1) is 0 Å². The molecule has 0 amide bonds. The van der Waals surface area contributed by atoms with Gasteiger partial charge in [0, 0.05) is 30.2 Å². The largest absolute Gasteiger partial charge is 0.347 e. The van der Waals surface area contributed by atoms with Crippen LogP contribution in [0.15, 0.2) is 0 Å². The maximum atomic E-state index is 4.46. The van der Waals surface area contributed by atoms with E-state index in [1.54, 1.807) is 0 Å². The number of anilines is 1. The summed E-state index contributed by atoms with van der Waals surface area (Å²) < 4.78 is 4.26. The van der Waals surface area contributed by atoms with Gasteiger partial charge in [-0.05, 0) is 53.0 Å². The lowest BCUT2D eigenvalue weighted by Gasteiger charge is -2.33. The van der Waals surface area contributed by atoms with Gasteiger partial charge in [0.25, 0.3) is 0 Å². The smallest absolute Gasteiger partial charge is 0.205 e. The zero-order valence-corrected chi connectivity index (χ0v) is 12.7. The van der Waals surface area contributed by atoms with Crippen LogP contribution in [-0.2, 0) is 0 Å². The summed E-state index contributed by atoms with van der Waals surface area (Å²) >= 11 is 1.52. The van der Waals surface area contributed by atoms with Gasteiger partial charge >= 0.3 is 0 Å². The normalized spacial score (nSPS) is 18.3. The Morgan fingerprint density at radius 1 is 1.33 bits per heavy atom. The standard InChI is InChI=1S/C13H24N4S/c1-10-15-12(18-16-10)17-7-5-11(6-8-17)9-14-13(2,3)4/h11,14H,5-9H2,1-4H3. The first-order valence-corrected chi connectivity index (χ1v) is 7.52. The summed E-state index contributed by atoms with van der Waals surface area (Å²) in [5.74, 6) is 1.70. The predicted octanol–water partition coefficient (Wildman–Crippen LogP) is 2.45. The fourth-order valence-electron chi connectivity index (χ4n) is 2.19. The summed E-state index contributed by atoms with van der Waals surface area (Å²) in [5, 5.41) is 4.70. The highest BCUT2D eigenvalue weighted by molar-refractivity contribution is 7.09. The molecular weight excluding hydrogens is 244 g/mol. The maximum Gasteiger partial charge on any atom is 0.205 e. The first-order chi connectivity index (χ1) is 8.44. The fourth-order valence-corrected chi connectivity index (χ4v) is 2.92. The minimum Gasteiger partial charge on any atom is -0.347 e. The molecular formula is C13H24N4S. The Hall–Kier alpha value is -0.680. The van der Waals surface area contributed by atoms with E-state index >= 15 is 0 Å². The lowest BCUT2D eigenvalue weighted by Crippen LogP contribution is -2.42. The Kier molecular flexibility index (Phi) is 4.22. The van der Waals surface area contributed by atoms with E-state index in [-0.39, 0.29) is 5.54 Å². The first-order valence-electron chi connectivity index (χ1n) is 6.74. The van der Waals surface area contributed by atoms with Gasteiger partial charge in [-0.3, -0.25) is 0 Å². The molecule has 0 atom stereocenters. The summed E-state index contributed by atoms with van der Waals surface area (Å²) in [5.41, 5.74) is 0.230. The molecule has 0 aromatic carbocycles. The van der Waals surface area contributed by atoms with Gasteiger partial charge in [-0.1, -0.05) is 0 Å². The zero-order valence-electron chi connectivity index (χ0n) is 11.9. The number of aryl methyl sites for hydroxylation is 1. The lowest BCUT2D eigenvalue weighted by molar-refractivity contribution is 0.329. The van der Waals surface area contributed by atoms with Crippen molar-refractivity contribution in [3.05, 3.63) is 5.82 Å². The van der Waals surface area contributed by atoms with Crippen LogP contribution >= 0.6 is 11.5 Å². The molecule has 5 heteroatoms. The molecule has 1 N–H and O–H groups in total. The van der Waals surface area contributed by atoms with Crippen molar-refractivity contribution in [3.8, 4) is 0 Å². The highest BCUT2D eigenvalue weighted by Crippen LogP contribution is 2.24. The van der Waals surface area contributed by atoms with Gasteiger partial charge in [0.15, 0.2) is 0 Å². The molecule has 2 rings (SSSR count). The van der Waals surface area contributed by atoms with Crippen LogP contribution in [0.4, 0.5) is 5.13 Å². The summed E-state index contributed by atoms with van der Waals surface area (Å²) in [4.78, 5) is 6.84. The minimum atomic E-state index is 0.230. The summed E-state index contributed by atoms with van der Waals surface area (Å²) in [6, 6.07) is 0. The second-order valence-electron chi connectivity index (χ2n) is 6.19. The minimum absolute atomic E-state index is 0.230. The van der Waals surface area contributed by atoms with E-state index in [0.29, 0.717) is 0 Å². The Bertz CT molecular complexity index is 375. The first kappa shape index (κ1) is 13.7. The zero-order chi connectivity index (χ0) is 13.2.